The lowest BCUT2D eigenvalue weighted by Gasteiger charge is -2.06. The van der Waals surface area contributed by atoms with Gasteiger partial charge in [0.25, 0.3) is 0 Å². The summed E-state index contributed by atoms with van der Waals surface area (Å²) in [6.07, 6.45) is 6.11. The van der Waals surface area contributed by atoms with Crippen LogP contribution < -0.4 is 10.6 Å². The van der Waals surface area contributed by atoms with Gasteiger partial charge in [-0.05, 0) is 43.3 Å². The van der Waals surface area contributed by atoms with Crippen LogP contribution in [0.2, 0.25) is 0 Å². The van der Waals surface area contributed by atoms with E-state index in [2.05, 4.69) is 78.8 Å². The summed E-state index contributed by atoms with van der Waals surface area (Å²) >= 11 is 0. The molecule has 0 aliphatic heterocycles. The Morgan fingerprint density at radius 3 is 2.41 bits per heavy atom. The summed E-state index contributed by atoms with van der Waals surface area (Å²) in [7, 11) is 0. The van der Waals surface area contributed by atoms with Gasteiger partial charge in [0.2, 0.25) is 0 Å². The fourth-order valence-electron chi connectivity index (χ4n) is 4.07. The van der Waals surface area contributed by atoms with Crippen LogP contribution in [0.5, 0.6) is 0 Å². The molecule has 5 rings (SSSR count). The number of nitrogens with zero attached hydrogens (tertiary/aromatic N) is 1. The molecule has 0 spiro atoms. The second kappa shape index (κ2) is 6.03. The molecule has 2 heterocycles. The number of hydrogen-bond donors (Lipinski definition) is 0. The third kappa shape index (κ3) is 2.20. The number of para-hydroxylation sites is 2. The average molecular weight is 349 g/mol. The lowest BCUT2D eigenvalue weighted by Crippen LogP contribution is -2.27. The summed E-state index contributed by atoms with van der Waals surface area (Å²) in [5.74, 6) is 0. The highest BCUT2D eigenvalue weighted by Crippen LogP contribution is 2.33. The van der Waals surface area contributed by atoms with Crippen molar-refractivity contribution in [3.63, 3.8) is 0 Å². The van der Waals surface area contributed by atoms with Crippen LogP contribution in [-0.2, 0) is 0 Å². The van der Waals surface area contributed by atoms with E-state index < -0.39 is 0 Å². The summed E-state index contributed by atoms with van der Waals surface area (Å²) in [6.45, 7) is 6.03. The van der Waals surface area contributed by atoms with Crippen LogP contribution >= 0.6 is 0 Å². The molecule has 0 aliphatic rings. The SMILES string of the molecule is C=C/C=c1\c(=C/C)c2c3c(ccc2n1-c1ccccc1)oc1ccccc13. The van der Waals surface area contributed by atoms with Crippen LogP contribution in [0, 0.1) is 0 Å². The second-order valence-corrected chi connectivity index (χ2v) is 6.59. The molecule has 0 radical (unpaired) electrons. The van der Waals surface area contributed by atoms with Gasteiger partial charge in [-0.15, -0.1) is 0 Å². The van der Waals surface area contributed by atoms with E-state index in [1.54, 1.807) is 0 Å². The van der Waals surface area contributed by atoms with Crippen molar-refractivity contribution in [2.75, 3.05) is 0 Å². The molecule has 0 saturated carbocycles. The van der Waals surface area contributed by atoms with Gasteiger partial charge in [0.15, 0.2) is 0 Å². The molecule has 0 amide bonds. The van der Waals surface area contributed by atoms with E-state index in [0.29, 0.717) is 0 Å². The fourth-order valence-corrected chi connectivity index (χ4v) is 4.07. The molecule has 0 unspecified atom stereocenters. The Balaban J connectivity index is 2.12. The zero-order valence-electron chi connectivity index (χ0n) is 15.1. The molecular formula is C25H19NO. The minimum Gasteiger partial charge on any atom is -0.456 e. The monoisotopic (exact) mass is 349 g/mol. The first-order chi connectivity index (χ1) is 13.3. The van der Waals surface area contributed by atoms with Crippen molar-refractivity contribution < 1.29 is 4.42 Å². The van der Waals surface area contributed by atoms with Crippen LogP contribution in [0.15, 0.2) is 83.8 Å². The molecule has 0 bridgehead atoms. The first-order valence-corrected chi connectivity index (χ1v) is 9.12. The quantitative estimate of drug-likeness (QED) is 0.423. The molecule has 130 valence electrons. The van der Waals surface area contributed by atoms with E-state index in [1.165, 1.54) is 21.5 Å². The fraction of sp³-hybridized carbons (Fsp3) is 0.0400. The number of aromatic nitrogens is 1. The maximum Gasteiger partial charge on any atom is 0.136 e. The molecule has 0 aliphatic carbocycles. The van der Waals surface area contributed by atoms with Crippen LogP contribution in [0.3, 0.4) is 0 Å². The standard InChI is InChI=1S/C25H19NO/c1-3-10-20-18(4-2)24-21(26(20)17-11-6-5-7-12-17)15-16-23-25(24)19-13-8-9-14-22(19)27-23/h3-16H,1H2,2H3/b18-4+,20-10+. The lowest BCUT2D eigenvalue weighted by molar-refractivity contribution is 0.669. The minimum absolute atomic E-state index is 0.919. The van der Waals surface area contributed by atoms with Gasteiger partial charge in [-0.25, -0.2) is 0 Å². The molecule has 0 fully saturated rings. The molecule has 5 aromatic rings. The van der Waals surface area contributed by atoms with Crippen molar-refractivity contribution in [1.82, 2.24) is 4.57 Å². The van der Waals surface area contributed by atoms with Crippen molar-refractivity contribution in [1.29, 1.82) is 0 Å². The third-order valence-corrected chi connectivity index (χ3v) is 5.13. The van der Waals surface area contributed by atoms with Crippen LogP contribution in [0.1, 0.15) is 6.92 Å². The predicted octanol–water partition coefficient (Wildman–Crippen LogP) is 5.30. The Labute approximate surface area is 157 Å². The molecular weight excluding hydrogens is 330 g/mol. The zero-order valence-corrected chi connectivity index (χ0v) is 15.1. The van der Waals surface area contributed by atoms with Gasteiger partial charge in [0.05, 0.1) is 10.9 Å². The van der Waals surface area contributed by atoms with Crippen molar-refractivity contribution in [2.45, 2.75) is 6.92 Å². The number of allylic oxidation sites excluding steroid dienone is 1. The van der Waals surface area contributed by atoms with E-state index in [-0.39, 0.29) is 0 Å². The minimum atomic E-state index is 0.919. The maximum atomic E-state index is 6.12. The first kappa shape index (κ1) is 15.7. The summed E-state index contributed by atoms with van der Waals surface area (Å²) in [5.41, 5.74) is 4.14. The maximum absolute atomic E-state index is 6.12. The normalized spacial score (nSPS) is 13.2. The van der Waals surface area contributed by atoms with Crippen LogP contribution in [-0.4, -0.2) is 4.57 Å². The van der Waals surface area contributed by atoms with Gasteiger partial charge < -0.3 is 8.98 Å². The topological polar surface area (TPSA) is 18.1 Å². The molecule has 2 heteroatoms. The highest BCUT2D eigenvalue weighted by molar-refractivity contribution is 6.18. The number of furan rings is 1. The van der Waals surface area contributed by atoms with Crippen molar-refractivity contribution in [3.8, 4) is 5.69 Å². The molecule has 3 aromatic carbocycles. The third-order valence-electron chi connectivity index (χ3n) is 5.13. The molecule has 2 nitrogen and oxygen atoms in total. The first-order valence-electron chi connectivity index (χ1n) is 9.12. The van der Waals surface area contributed by atoms with E-state index in [0.717, 1.165) is 27.6 Å². The van der Waals surface area contributed by atoms with Crippen molar-refractivity contribution in [3.05, 3.63) is 90.0 Å². The Kier molecular flexibility index (Phi) is 3.51. The molecule has 0 atom stereocenters. The molecule has 0 saturated heterocycles. The van der Waals surface area contributed by atoms with Gasteiger partial charge in [-0.2, -0.15) is 0 Å². The van der Waals surface area contributed by atoms with Crippen LogP contribution in [0.4, 0.5) is 0 Å². The van der Waals surface area contributed by atoms with E-state index in [4.69, 9.17) is 4.42 Å². The van der Waals surface area contributed by atoms with Gasteiger partial charge in [0, 0.05) is 27.1 Å². The molecule has 0 N–H and O–H groups in total. The summed E-state index contributed by atoms with van der Waals surface area (Å²) in [4.78, 5) is 0. The zero-order chi connectivity index (χ0) is 18.4. The molecule has 2 aromatic heterocycles. The van der Waals surface area contributed by atoms with Crippen molar-refractivity contribution >= 4 is 45.0 Å². The number of fused-ring (bicyclic) bond motifs is 5. The predicted molar refractivity (Wildman–Crippen MR) is 115 cm³/mol. The largest absolute Gasteiger partial charge is 0.456 e. The summed E-state index contributed by atoms with van der Waals surface area (Å²) in [6, 6.07) is 22.9. The Morgan fingerprint density at radius 2 is 1.63 bits per heavy atom. The Hall–Kier alpha value is -3.52. The molecule has 27 heavy (non-hydrogen) atoms. The number of hydrogen-bond acceptors (Lipinski definition) is 1. The number of rotatable bonds is 2. The van der Waals surface area contributed by atoms with E-state index in [1.807, 2.05) is 24.3 Å². The summed E-state index contributed by atoms with van der Waals surface area (Å²) in [5, 5.41) is 5.87. The van der Waals surface area contributed by atoms with Gasteiger partial charge in [-0.1, -0.05) is 55.1 Å². The van der Waals surface area contributed by atoms with E-state index >= 15 is 0 Å². The van der Waals surface area contributed by atoms with Crippen molar-refractivity contribution in [2.24, 2.45) is 0 Å². The number of benzene rings is 3. The Morgan fingerprint density at radius 1 is 0.852 bits per heavy atom. The van der Waals surface area contributed by atoms with Gasteiger partial charge >= 0.3 is 0 Å². The average Bonchev–Trinajstić information content (AvgIpc) is 3.23. The van der Waals surface area contributed by atoms with Gasteiger partial charge in [-0.3, -0.25) is 0 Å². The second-order valence-electron chi connectivity index (χ2n) is 6.59. The highest BCUT2D eigenvalue weighted by atomic mass is 16.3. The van der Waals surface area contributed by atoms with Crippen LogP contribution in [0.25, 0.3) is 50.7 Å². The van der Waals surface area contributed by atoms with Gasteiger partial charge in [0.1, 0.15) is 11.2 Å². The summed E-state index contributed by atoms with van der Waals surface area (Å²) < 4.78 is 8.42. The lowest BCUT2D eigenvalue weighted by atomic mass is 10.1. The van der Waals surface area contributed by atoms with E-state index in [9.17, 15) is 0 Å². The smallest absolute Gasteiger partial charge is 0.136 e. The Bertz CT molecular complexity index is 1430. The highest BCUT2D eigenvalue weighted by Gasteiger charge is 2.16.